The molecule has 1 aromatic heterocycles. The zero-order chi connectivity index (χ0) is 21.5. The summed E-state index contributed by atoms with van der Waals surface area (Å²) in [7, 11) is 1.77. The first kappa shape index (κ1) is 20.7. The number of hydrogen-bond acceptors (Lipinski definition) is 3. The zero-order valence-corrected chi connectivity index (χ0v) is 17.8. The van der Waals surface area contributed by atoms with Crippen LogP contribution in [0.5, 0.6) is 0 Å². The topological polar surface area (TPSA) is 74.6 Å². The van der Waals surface area contributed by atoms with Gasteiger partial charge in [0, 0.05) is 57.7 Å². The minimum Gasteiger partial charge on any atom is -0.352 e. The van der Waals surface area contributed by atoms with Crippen LogP contribution in [0.4, 0.5) is 5.69 Å². The molecule has 1 aliphatic rings. The molecule has 4 rings (SSSR count). The summed E-state index contributed by atoms with van der Waals surface area (Å²) >= 11 is 0. The number of guanidine groups is 1. The molecule has 1 aliphatic heterocycles. The van der Waals surface area contributed by atoms with E-state index in [9.17, 15) is 4.79 Å². The Morgan fingerprint density at radius 3 is 2.52 bits per heavy atom. The number of carbonyl (C=O) groups is 1. The van der Waals surface area contributed by atoms with Crippen LogP contribution in [0.3, 0.4) is 0 Å². The van der Waals surface area contributed by atoms with Crippen LogP contribution in [-0.2, 0) is 24.4 Å². The Morgan fingerprint density at radius 1 is 1.06 bits per heavy atom. The molecule has 0 spiro atoms. The highest BCUT2D eigenvalue weighted by atomic mass is 16.2. The minimum absolute atomic E-state index is 0.213. The maximum absolute atomic E-state index is 11.9. The molecule has 0 aliphatic carbocycles. The third-order valence-electron chi connectivity index (χ3n) is 5.38. The van der Waals surface area contributed by atoms with E-state index in [1.54, 1.807) is 13.2 Å². The summed E-state index contributed by atoms with van der Waals surface area (Å²) in [6.07, 6.45) is 7.17. The average Bonchev–Trinajstić information content (AvgIpc) is 3.46. The van der Waals surface area contributed by atoms with Gasteiger partial charge in [-0.15, -0.1) is 0 Å². The number of nitrogens with one attached hydrogen (secondary N) is 2. The Morgan fingerprint density at radius 2 is 1.84 bits per heavy atom. The highest BCUT2D eigenvalue weighted by Gasteiger charge is 2.21. The van der Waals surface area contributed by atoms with Crippen LogP contribution in [0.1, 0.15) is 29.5 Å². The molecule has 3 aromatic rings. The smallest absolute Gasteiger partial charge is 0.227 e. The van der Waals surface area contributed by atoms with Crippen molar-refractivity contribution in [1.82, 2.24) is 20.2 Å². The molecule has 7 nitrogen and oxygen atoms in total. The number of aliphatic imine (C=N–C) groups is 1. The molecule has 31 heavy (non-hydrogen) atoms. The summed E-state index contributed by atoms with van der Waals surface area (Å²) in [5, 5.41) is 6.72. The lowest BCUT2D eigenvalue weighted by Crippen LogP contribution is -2.36. The van der Waals surface area contributed by atoms with Crippen LogP contribution in [0.2, 0.25) is 0 Å². The van der Waals surface area contributed by atoms with Gasteiger partial charge in [0.2, 0.25) is 5.91 Å². The second-order valence-corrected chi connectivity index (χ2v) is 7.65. The molecule has 160 valence electrons. The van der Waals surface area contributed by atoms with Crippen LogP contribution in [0.15, 0.2) is 72.2 Å². The van der Waals surface area contributed by atoms with E-state index in [0.29, 0.717) is 19.5 Å². The molecule has 0 saturated carbocycles. The number of benzene rings is 2. The molecule has 0 radical (unpaired) electrons. The van der Waals surface area contributed by atoms with Gasteiger partial charge >= 0.3 is 0 Å². The fourth-order valence-corrected chi connectivity index (χ4v) is 3.74. The van der Waals surface area contributed by atoms with Crippen LogP contribution in [-0.4, -0.2) is 35.0 Å². The molecule has 1 saturated heterocycles. The number of amides is 1. The van der Waals surface area contributed by atoms with E-state index in [1.807, 2.05) is 29.6 Å². The lowest BCUT2D eigenvalue weighted by molar-refractivity contribution is -0.117. The normalized spacial score (nSPS) is 14.2. The summed E-state index contributed by atoms with van der Waals surface area (Å²) in [5.74, 6) is 0.961. The van der Waals surface area contributed by atoms with Crippen LogP contribution >= 0.6 is 0 Å². The Labute approximate surface area is 182 Å². The van der Waals surface area contributed by atoms with Crippen molar-refractivity contribution in [3.63, 3.8) is 0 Å². The van der Waals surface area contributed by atoms with Crippen molar-refractivity contribution in [2.75, 3.05) is 18.5 Å². The van der Waals surface area contributed by atoms with Gasteiger partial charge in [-0.1, -0.05) is 36.4 Å². The number of nitrogens with zero attached hydrogens (tertiary/aromatic N) is 4. The minimum atomic E-state index is 0.213. The first-order valence-electron chi connectivity index (χ1n) is 10.6. The maximum atomic E-state index is 11.9. The van der Waals surface area contributed by atoms with Gasteiger partial charge in [0.1, 0.15) is 0 Å². The van der Waals surface area contributed by atoms with Crippen LogP contribution in [0, 0.1) is 0 Å². The van der Waals surface area contributed by atoms with E-state index in [0.717, 1.165) is 36.7 Å². The Hall–Kier alpha value is -3.61. The number of rotatable bonds is 7. The maximum Gasteiger partial charge on any atom is 0.227 e. The van der Waals surface area contributed by atoms with E-state index in [4.69, 9.17) is 0 Å². The number of imidazole rings is 1. The molecular formula is C24H28N6O. The molecule has 2 aromatic carbocycles. The van der Waals surface area contributed by atoms with Crippen molar-refractivity contribution in [2.45, 2.75) is 32.5 Å². The first-order chi connectivity index (χ1) is 15.2. The van der Waals surface area contributed by atoms with Gasteiger partial charge in [0.15, 0.2) is 5.96 Å². The van der Waals surface area contributed by atoms with Crippen molar-refractivity contribution < 1.29 is 4.79 Å². The molecule has 0 unspecified atom stereocenters. The van der Waals surface area contributed by atoms with Crippen LogP contribution < -0.4 is 15.5 Å². The number of carbonyl (C=O) groups excluding carboxylic acids is 1. The number of aromatic nitrogens is 2. The van der Waals surface area contributed by atoms with Gasteiger partial charge in [0.05, 0.1) is 6.33 Å². The SMILES string of the molecule is CN=C(NCc1ccc(N2CCCC2=O)cc1)NCc1cccc(Cn2ccnc2)c1. The predicted molar refractivity (Wildman–Crippen MR) is 123 cm³/mol. The Balaban J connectivity index is 1.28. The highest BCUT2D eigenvalue weighted by molar-refractivity contribution is 5.95. The number of hydrogen-bond donors (Lipinski definition) is 2. The molecule has 2 heterocycles. The van der Waals surface area contributed by atoms with Crippen LogP contribution in [0.25, 0.3) is 0 Å². The molecule has 1 amide bonds. The van der Waals surface area contributed by atoms with Gasteiger partial charge in [-0.05, 0) is 35.2 Å². The van der Waals surface area contributed by atoms with E-state index >= 15 is 0 Å². The summed E-state index contributed by atoms with van der Waals surface area (Å²) in [6, 6.07) is 16.6. The van der Waals surface area contributed by atoms with Gasteiger partial charge < -0.3 is 20.1 Å². The van der Waals surface area contributed by atoms with Crippen molar-refractivity contribution in [1.29, 1.82) is 0 Å². The van der Waals surface area contributed by atoms with E-state index in [1.165, 1.54) is 11.1 Å². The van der Waals surface area contributed by atoms with E-state index in [-0.39, 0.29) is 5.91 Å². The zero-order valence-electron chi connectivity index (χ0n) is 17.8. The lowest BCUT2D eigenvalue weighted by atomic mass is 10.1. The van der Waals surface area contributed by atoms with Crippen molar-refractivity contribution in [2.24, 2.45) is 4.99 Å². The molecule has 1 fully saturated rings. The molecule has 2 N–H and O–H groups in total. The van der Waals surface area contributed by atoms with E-state index in [2.05, 4.69) is 61.6 Å². The largest absolute Gasteiger partial charge is 0.352 e. The molecular weight excluding hydrogens is 388 g/mol. The van der Waals surface area contributed by atoms with E-state index < -0.39 is 0 Å². The quantitative estimate of drug-likeness (QED) is 0.459. The first-order valence-corrected chi connectivity index (χ1v) is 10.6. The molecule has 7 heteroatoms. The lowest BCUT2D eigenvalue weighted by Gasteiger charge is -2.16. The van der Waals surface area contributed by atoms with Crippen molar-refractivity contribution in [3.05, 3.63) is 83.9 Å². The fraction of sp³-hybridized carbons (Fsp3) is 0.292. The fourth-order valence-electron chi connectivity index (χ4n) is 3.74. The van der Waals surface area contributed by atoms with Gasteiger partial charge in [-0.25, -0.2) is 4.98 Å². The van der Waals surface area contributed by atoms with Gasteiger partial charge in [-0.3, -0.25) is 9.79 Å². The Kier molecular flexibility index (Phi) is 6.62. The second kappa shape index (κ2) is 9.93. The summed E-state index contributed by atoms with van der Waals surface area (Å²) in [4.78, 5) is 22.2. The third kappa shape index (κ3) is 5.51. The molecule has 0 atom stereocenters. The summed E-state index contributed by atoms with van der Waals surface area (Å²) in [6.45, 7) is 2.97. The van der Waals surface area contributed by atoms with Crippen molar-refractivity contribution in [3.8, 4) is 0 Å². The number of anilines is 1. The predicted octanol–water partition coefficient (Wildman–Crippen LogP) is 2.92. The summed E-state index contributed by atoms with van der Waals surface area (Å²) < 4.78 is 2.05. The van der Waals surface area contributed by atoms with Crippen molar-refractivity contribution >= 4 is 17.6 Å². The Bertz CT molecular complexity index is 1030. The average molecular weight is 417 g/mol. The molecule has 0 bridgehead atoms. The monoisotopic (exact) mass is 416 g/mol. The summed E-state index contributed by atoms with van der Waals surface area (Å²) in [5.41, 5.74) is 4.54. The van der Waals surface area contributed by atoms with Gasteiger partial charge in [-0.2, -0.15) is 0 Å². The second-order valence-electron chi connectivity index (χ2n) is 7.65. The highest BCUT2D eigenvalue weighted by Crippen LogP contribution is 2.21. The third-order valence-corrected chi connectivity index (χ3v) is 5.38. The van der Waals surface area contributed by atoms with Gasteiger partial charge in [0.25, 0.3) is 0 Å². The standard InChI is InChI=1S/C24H28N6O/c1-25-24(27-15-19-7-9-22(10-8-19)30-12-3-6-23(30)31)28-16-20-4-2-5-21(14-20)17-29-13-11-26-18-29/h2,4-5,7-11,13-14,18H,3,6,12,15-17H2,1H3,(H2,25,27,28).